The molecule has 5 nitrogen and oxygen atoms in total. The lowest BCUT2D eigenvalue weighted by atomic mass is 9.61. The van der Waals surface area contributed by atoms with Crippen LogP contribution in [0.3, 0.4) is 0 Å². The molecule has 2 heterocycles. The fourth-order valence-corrected chi connectivity index (χ4v) is 4.30. The minimum atomic E-state index is -0.357. The number of carbonyl (C=O) groups is 1. The molecule has 4 rings (SSSR count). The molecule has 6 heteroatoms. The highest BCUT2D eigenvalue weighted by Crippen LogP contribution is 2.56. The van der Waals surface area contributed by atoms with Crippen molar-refractivity contribution < 1.29 is 4.79 Å². The largest absolute Gasteiger partial charge is 0.336 e. The van der Waals surface area contributed by atoms with Gasteiger partial charge in [-0.2, -0.15) is 0 Å². The van der Waals surface area contributed by atoms with E-state index in [9.17, 15) is 9.59 Å². The van der Waals surface area contributed by atoms with Gasteiger partial charge in [0.05, 0.1) is 12.4 Å². The Balaban J connectivity index is 1.64. The molecule has 1 aliphatic carbocycles. The summed E-state index contributed by atoms with van der Waals surface area (Å²) in [4.78, 5) is 32.4. The van der Waals surface area contributed by atoms with Gasteiger partial charge in [-0.25, -0.2) is 0 Å². The number of hydrogen-bond donors (Lipinski definition) is 1. The molecule has 124 valence electrons. The lowest BCUT2D eigenvalue weighted by molar-refractivity contribution is 0.0719. The predicted octanol–water partition coefficient (Wildman–Crippen LogP) is 2.83. The third kappa shape index (κ3) is 2.53. The second-order valence-electron chi connectivity index (χ2n) is 6.82. The number of aromatic nitrogens is 2. The van der Waals surface area contributed by atoms with E-state index in [1.54, 1.807) is 0 Å². The molecule has 2 fully saturated rings. The molecule has 1 amide bonds. The number of halogens is 1. The molecule has 1 aromatic carbocycles. The zero-order valence-electron chi connectivity index (χ0n) is 13.2. The van der Waals surface area contributed by atoms with Gasteiger partial charge in [-0.1, -0.05) is 30.2 Å². The summed E-state index contributed by atoms with van der Waals surface area (Å²) in [7, 11) is 0. The van der Waals surface area contributed by atoms with E-state index >= 15 is 0 Å². The average Bonchev–Trinajstić information content (AvgIpc) is 2.95. The van der Waals surface area contributed by atoms with E-state index in [0.29, 0.717) is 6.54 Å². The lowest BCUT2D eigenvalue weighted by Gasteiger charge is -2.43. The summed E-state index contributed by atoms with van der Waals surface area (Å²) in [5.74, 6) is 0.133. The lowest BCUT2D eigenvalue weighted by Crippen LogP contribution is -2.38. The zero-order chi connectivity index (χ0) is 16.7. The van der Waals surface area contributed by atoms with Gasteiger partial charge in [0.1, 0.15) is 5.69 Å². The molecular weight excluding hydrogens is 326 g/mol. The number of nitrogens with one attached hydrogen (secondary N) is 1. The van der Waals surface area contributed by atoms with E-state index in [1.807, 2.05) is 23.1 Å². The Labute approximate surface area is 144 Å². The molecule has 0 bridgehead atoms. The van der Waals surface area contributed by atoms with Crippen molar-refractivity contribution in [2.45, 2.75) is 25.2 Å². The van der Waals surface area contributed by atoms with E-state index in [4.69, 9.17) is 11.6 Å². The molecule has 1 atom stereocenters. The van der Waals surface area contributed by atoms with Crippen LogP contribution in [0.2, 0.25) is 5.02 Å². The third-order valence-electron chi connectivity index (χ3n) is 5.42. The van der Waals surface area contributed by atoms with Gasteiger partial charge in [-0.05, 0) is 36.0 Å². The number of carbonyl (C=O) groups excluding carboxylic acids is 1. The van der Waals surface area contributed by atoms with Gasteiger partial charge in [0.2, 0.25) is 0 Å². The van der Waals surface area contributed by atoms with Crippen LogP contribution >= 0.6 is 11.6 Å². The fraction of sp³-hybridized carbons (Fsp3) is 0.389. The van der Waals surface area contributed by atoms with Gasteiger partial charge in [-0.15, -0.1) is 0 Å². The summed E-state index contributed by atoms with van der Waals surface area (Å²) in [5, 5.41) is 0.725. The highest BCUT2D eigenvalue weighted by Gasteiger charge is 2.52. The van der Waals surface area contributed by atoms with Crippen LogP contribution in [-0.4, -0.2) is 33.9 Å². The number of benzene rings is 1. The number of amides is 1. The van der Waals surface area contributed by atoms with Crippen LogP contribution < -0.4 is 5.56 Å². The van der Waals surface area contributed by atoms with Gasteiger partial charge in [-0.3, -0.25) is 14.6 Å². The summed E-state index contributed by atoms with van der Waals surface area (Å²) in [6.07, 6.45) is 6.03. The first kappa shape index (κ1) is 15.4. The molecule has 24 heavy (non-hydrogen) atoms. The summed E-state index contributed by atoms with van der Waals surface area (Å²) < 4.78 is 0. The van der Waals surface area contributed by atoms with Crippen LogP contribution in [0.1, 0.15) is 41.2 Å². The summed E-state index contributed by atoms with van der Waals surface area (Å²) in [6, 6.07) is 7.94. The zero-order valence-corrected chi connectivity index (χ0v) is 13.9. The van der Waals surface area contributed by atoms with Gasteiger partial charge in [0.25, 0.3) is 11.5 Å². The van der Waals surface area contributed by atoms with Crippen LogP contribution in [0, 0.1) is 5.41 Å². The quantitative estimate of drug-likeness (QED) is 0.911. The number of nitrogens with zero attached hydrogens (tertiary/aromatic N) is 2. The SMILES string of the molecule is O=C(c1cncc(=O)[nH]1)N1C[C@H](c2cccc(Cl)c2)C2(CCC2)C1. The molecule has 1 N–H and O–H groups in total. The summed E-state index contributed by atoms with van der Waals surface area (Å²) in [5.41, 5.74) is 1.23. The van der Waals surface area contributed by atoms with Crippen LogP contribution in [0.5, 0.6) is 0 Å². The Bertz CT molecular complexity index is 844. The standard InChI is InChI=1S/C18H18ClN3O2/c19-13-4-1-3-12(7-13)14-10-22(11-18(14)5-2-6-18)17(24)15-8-20-9-16(23)21-15/h1,3-4,7-9,14H,2,5-6,10-11H2,(H,21,23)/t14-/m1/s1. The Morgan fingerprint density at radius 2 is 2.17 bits per heavy atom. The van der Waals surface area contributed by atoms with Crippen LogP contribution in [0.25, 0.3) is 0 Å². The number of H-pyrrole nitrogens is 1. The van der Waals surface area contributed by atoms with E-state index in [2.05, 4.69) is 16.0 Å². The molecule has 0 radical (unpaired) electrons. The first-order chi connectivity index (χ1) is 11.6. The van der Waals surface area contributed by atoms with Crippen molar-refractivity contribution in [3.8, 4) is 0 Å². The van der Waals surface area contributed by atoms with Crippen molar-refractivity contribution in [2.24, 2.45) is 5.41 Å². The smallest absolute Gasteiger partial charge is 0.272 e. The Morgan fingerprint density at radius 3 is 2.83 bits per heavy atom. The minimum absolute atomic E-state index is 0.142. The van der Waals surface area contributed by atoms with Crippen LogP contribution in [0.4, 0.5) is 0 Å². The Morgan fingerprint density at radius 1 is 1.33 bits per heavy atom. The van der Waals surface area contributed by atoms with E-state index in [-0.39, 0.29) is 28.5 Å². The average molecular weight is 344 g/mol. The van der Waals surface area contributed by atoms with E-state index in [1.165, 1.54) is 24.4 Å². The predicted molar refractivity (Wildman–Crippen MR) is 91.2 cm³/mol. The molecular formula is C18H18ClN3O2. The van der Waals surface area contributed by atoms with E-state index in [0.717, 1.165) is 24.4 Å². The first-order valence-corrected chi connectivity index (χ1v) is 8.54. The maximum Gasteiger partial charge on any atom is 0.272 e. The monoisotopic (exact) mass is 343 g/mol. The molecule has 2 aromatic rings. The highest BCUT2D eigenvalue weighted by molar-refractivity contribution is 6.30. The number of rotatable bonds is 2. The molecule has 0 unspecified atom stereocenters. The van der Waals surface area contributed by atoms with Gasteiger partial charge >= 0.3 is 0 Å². The van der Waals surface area contributed by atoms with Crippen molar-refractivity contribution >= 4 is 17.5 Å². The number of likely N-dealkylation sites (tertiary alicyclic amines) is 1. The third-order valence-corrected chi connectivity index (χ3v) is 5.65. The van der Waals surface area contributed by atoms with Gasteiger partial charge < -0.3 is 9.88 Å². The molecule has 1 saturated carbocycles. The van der Waals surface area contributed by atoms with Crippen molar-refractivity contribution in [2.75, 3.05) is 13.1 Å². The second-order valence-corrected chi connectivity index (χ2v) is 7.26. The van der Waals surface area contributed by atoms with Crippen LogP contribution in [0.15, 0.2) is 41.5 Å². The van der Waals surface area contributed by atoms with Crippen molar-refractivity contribution in [1.29, 1.82) is 0 Å². The Hall–Kier alpha value is -2.14. The molecule has 1 spiro atoms. The van der Waals surface area contributed by atoms with Gasteiger partial charge in [0.15, 0.2) is 0 Å². The van der Waals surface area contributed by atoms with Crippen molar-refractivity contribution in [1.82, 2.24) is 14.9 Å². The first-order valence-electron chi connectivity index (χ1n) is 8.16. The molecule has 1 saturated heterocycles. The summed E-state index contributed by atoms with van der Waals surface area (Å²) in [6.45, 7) is 1.37. The van der Waals surface area contributed by atoms with Crippen molar-refractivity contribution in [3.05, 3.63) is 63.3 Å². The van der Waals surface area contributed by atoms with Crippen molar-refractivity contribution in [3.63, 3.8) is 0 Å². The molecule has 1 aromatic heterocycles. The molecule has 2 aliphatic rings. The van der Waals surface area contributed by atoms with Gasteiger partial charge in [0, 0.05) is 24.0 Å². The normalized spacial score (nSPS) is 21.7. The Kier molecular flexibility index (Phi) is 3.68. The van der Waals surface area contributed by atoms with E-state index < -0.39 is 0 Å². The maximum absolute atomic E-state index is 12.8. The topological polar surface area (TPSA) is 66.1 Å². The fourth-order valence-electron chi connectivity index (χ4n) is 4.10. The van der Waals surface area contributed by atoms with Crippen LogP contribution in [-0.2, 0) is 0 Å². The highest BCUT2D eigenvalue weighted by atomic mass is 35.5. The maximum atomic E-state index is 12.8. The molecule has 1 aliphatic heterocycles. The minimum Gasteiger partial charge on any atom is -0.336 e. The second kappa shape index (κ2) is 5.74. The number of aromatic amines is 1. The summed E-state index contributed by atoms with van der Waals surface area (Å²) >= 11 is 6.16. The number of hydrogen-bond acceptors (Lipinski definition) is 3.